The number of carbonyl (C=O) groups excluding carboxylic acids is 1. The molecule has 0 heterocycles. The molecule has 17 heavy (non-hydrogen) atoms. The van der Waals surface area contributed by atoms with Crippen molar-refractivity contribution in [3.63, 3.8) is 0 Å². The maximum absolute atomic E-state index is 11.3. The molecule has 5 heteroatoms. The number of hydrogen-bond donors (Lipinski definition) is 3. The minimum absolute atomic E-state index is 0.0320. The van der Waals surface area contributed by atoms with E-state index in [1.807, 2.05) is 0 Å². The summed E-state index contributed by atoms with van der Waals surface area (Å²) >= 11 is 0. The number of aliphatic hydroxyl groups excluding tert-OH is 1. The Morgan fingerprint density at radius 2 is 2.00 bits per heavy atom. The van der Waals surface area contributed by atoms with Gasteiger partial charge in [-0.1, -0.05) is 19.3 Å². The lowest BCUT2D eigenvalue weighted by atomic mass is 9.82. The van der Waals surface area contributed by atoms with Gasteiger partial charge in [-0.25, -0.2) is 4.79 Å². The monoisotopic (exact) mass is 245 g/mol. The number of esters is 1. The van der Waals surface area contributed by atoms with Crippen LogP contribution in [-0.4, -0.2) is 47.6 Å². The van der Waals surface area contributed by atoms with Crippen LogP contribution >= 0.6 is 0 Å². The van der Waals surface area contributed by atoms with Gasteiger partial charge in [0, 0.05) is 12.1 Å². The molecule has 0 aromatic rings. The maximum atomic E-state index is 11.3. The number of β-amino-alcohol motifs (C(OH)–C–C–N with tert-alkyl or cyclic N) is 1. The summed E-state index contributed by atoms with van der Waals surface area (Å²) in [6, 6.07) is 0. The molecular formula is C12H23NO4. The highest BCUT2D eigenvalue weighted by Gasteiger charge is 2.37. The summed E-state index contributed by atoms with van der Waals surface area (Å²) in [5.74, 6) is -0.658. The summed E-state index contributed by atoms with van der Waals surface area (Å²) in [4.78, 5) is 11.3. The van der Waals surface area contributed by atoms with E-state index in [-0.39, 0.29) is 18.7 Å². The van der Waals surface area contributed by atoms with E-state index in [1.54, 1.807) is 0 Å². The molecule has 0 aromatic carbocycles. The number of nitrogens with one attached hydrogen (secondary N) is 1. The van der Waals surface area contributed by atoms with Gasteiger partial charge in [-0.05, 0) is 19.8 Å². The average Bonchev–Trinajstić information content (AvgIpc) is 2.36. The third-order valence-electron chi connectivity index (χ3n) is 3.55. The molecule has 0 radical (unpaired) electrons. The minimum atomic E-state index is -1.55. The molecule has 0 saturated heterocycles. The van der Waals surface area contributed by atoms with E-state index in [9.17, 15) is 15.0 Å². The van der Waals surface area contributed by atoms with Crippen LogP contribution in [0.4, 0.5) is 0 Å². The van der Waals surface area contributed by atoms with Gasteiger partial charge in [-0.3, -0.25) is 0 Å². The highest BCUT2D eigenvalue weighted by Crippen LogP contribution is 2.28. The van der Waals surface area contributed by atoms with Crippen LogP contribution in [0, 0.1) is 0 Å². The zero-order chi connectivity index (χ0) is 12.9. The molecule has 1 aliphatic carbocycles. The smallest absolute Gasteiger partial charge is 0.338 e. The Balaban J connectivity index is 2.55. The predicted octanol–water partition coefficient (Wildman–Crippen LogP) is 0.195. The second-order valence-corrected chi connectivity index (χ2v) is 5.12. The molecule has 0 aromatic heterocycles. The van der Waals surface area contributed by atoms with Crippen molar-refractivity contribution < 1.29 is 19.7 Å². The Kier molecular flexibility index (Phi) is 4.91. The molecule has 1 atom stereocenters. The van der Waals surface area contributed by atoms with Gasteiger partial charge in [0.15, 0.2) is 5.60 Å². The van der Waals surface area contributed by atoms with Crippen molar-refractivity contribution in [1.29, 1.82) is 0 Å². The Bertz CT molecular complexity index is 259. The average molecular weight is 245 g/mol. The van der Waals surface area contributed by atoms with Gasteiger partial charge in [0.05, 0.1) is 13.7 Å². The number of hydrogen-bond acceptors (Lipinski definition) is 5. The van der Waals surface area contributed by atoms with E-state index in [2.05, 4.69) is 10.1 Å². The second kappa shape index (κ2) is 5.80. The first-order valence-corrected chi connectivity index (χ1v) is 6.12. The Labute approximate surface area is 102 Å². The fourth-order valence-corrected chi connectivity index (χ4v) is 2.27. The zero-order valence-corrected chi connectivity index (χ0v) is 10.7. The largest absolute Gasteiger partial charge is 0.467 e. The Morgan fingerprint density at radius 3 is 2.47 bits per heavy atom. The molecule has 3 N–H and O–H groups in total. The van der Waals surface area contributed by atoms with Gasteiger partial charge >= 0.3 is 5.97 Å². The quantitative estimate of drug-likeness (QED) is 0.603. The van der Waals surface area contributed by atoms with Crippen molar-refractivity contribution in [2.75, 3.05) is 20.3 Å². The lowest BCUT2D eigenvalue weighted by molar-refractivity contribution is -0.160. The zero-order valence-electron chi connectivity index (χ0n) is 10.7. The van der Waals surface area contributed by atoms with Crippen LogP contribution < -0.4 is 5.32 Å². The first kappa shape index (κ1) is 14.4. The number of carbonyl (C=O) groups is 1. The van der Waals surface area contributed by atoms with Gasteiger partial charge in [0.25, 0.3) is 0 Å². The van der Waals surface area contributed by atoms with Gasteiger partial charge in [0.2, 0.25) is 0 Å². The molecule has 1 aliphatic rings. The molecule has 1 fully saturated rings. The Morgan fingerprint density at radius 1 is 1.41 bits per heavy atom. The van der Waals surface area contributed by atoms with E-state index in [0.29, 0.717) is 0 Å². The number of aliphatic hydroxyl groups is 2. The number of rotatable bonds is 5. The molecule has 1 saturated carbocycles. The van der Waals surface area contributed by atoms with E-state index in [4.69, 9.17) is 0 Å². The summed E-state index contributed by atoms with van der Waals surface area (Å²) < 4.78 is 4.53. The fraction of sp³-hybridized carbons (Fsp3) is 0.917. The number of ether oxygens (including phenoxy) is 1. The minimum Gasteiger partial charge on any atom is -0.467 e. The van der Waals surface area contributed by atoms with Crippen LogP contribution in [0.25, 0.3) is 0 Å². The topological polar surface area (TPSA) is 78.8 Å². The lowest BCUT2D eigenvalue weighted by Crippen LogP contribution is -2.56. The highest BCUT2D eigenvalue weighted by molar-refractivity contribution is 5.78. The van der Waals surface area contributed by atoms with E-state index in [1.165, 1.54) is 20.5 Å². The normalized spacial score (nSPS) is 22.8. The predicted molar refractivity (Wildman–Crippen MR) is 63.5 cm³/mol. The summed E-state index contributed by atoms with van der Waals surface area (Å²) in [7, 11) is 1.25. The molecule has 5 nitrogen and oxygen atoms in total. The van der Waals surface area contributed by atoms with Crippen LogP contribution in [0.5, 0.6) is 0 Å². The molecule has 0 amide bonds. The third kappa shape index (κ3) is 3.66. The van der Waals surface area contributed by atoms with Crippen LogP contribution in [0.2, 0.25) is 0 Å². The van der Waals surface area contributed by atoms with Crippen molar-refractivity contribution in [3.8, 4) is 0 Å². The SMILES string of the molecule is COC(=O)C(C)(O)CNC1(CO)CCCCC1. The van der Waals surface area contributed by atoms with E-state index >= 15 is 0 Å². The molecular weight excluding hydrogens is 222 g/mol. The summed E-state index contributed by atoms with van der Waals surface area (Å²) in [5.41, 5.74) is -1.90. The van der Waals surface area contributed by atoms with Crippen LogP contribution in [0.1, 0.15) is 39.0 Å². The number of methoxy groups -OCH3 is 1. The first-order chi connectivity index (χ1) is 7.96. The van der Waals surface area contributed by atoms with E-state index in [0.717, 1.165) is 25.7 Å². The van der Waals surface area contributed by atoms with Gasteiger partial charge in [-0.2, -0.15) is 0 Å². The fourth-order valence-electron chi connectivity index (χ4n) is 2.27. The standard InChI is InChI=1S/C12H23NO4/c1-11(16,10(15)17-2)8-13-12(9-14)6-4-3-5-7-12/h13-14,16H,3-9H2,1-2H3. The summed E-state index contributed by atoms with van der Waals surface area (Å²) in [6.45, 7) is 1.55. The van der Waals surface area contributed by atoms with Crippen molar-refractivity contribution in [2.45, 2.75) is 50.2 Å². The molecule has 0 bridgehead atoms. The van der Waals surface area contributed by atoms with Crippen molar-refractivity contribution in [1.82, 2.24) is 5.32 Å². The van der Waals surface area contributed by atoms with Crippen LogP contribution in [-0.2, 0) is 9.53 Å². The lowest BCUT2D eigenvalue weighted by Gasteiger charge is -2.38. The molecule has 0 aliphatic heterocycles. The third-order valence-corrected chi connectivity index (χ3v) is 3.55. The van der Waals surface area contributed by atoms with Gasteiger partial charge < -0.3 is 20.3 Å². The van der Waals surface area contributed by atoms with Gasteiger partial charge in [-0.15, -0.1) is 0 Å². The first-order valence-electron chi connectivity index (χ1n) is 6.12. The molecule has 100 valence electrons. The van der Waals surface area contributed by atoms with Crippen LogP contribution in [0.3, 0.4) is 0 Å². The Hall–Kier alpha value is -0.650. The van der Waals surface area contributed by atoms with Crippen LogP contribution in [0.15, 0.2) is 0 Å². The van der Waals surface area contributed by atoms with E-state index < -0.39 is 11.6 Å². The highest BCUT2D eigenvalue weighted by atomic mass is 16.5. The molecule has 0 spiro atoms. The second-order valence-electron chi connectivity index (χ2n) is 5.12. The van der Waals surface area contributed by atoms with Crippen molar-refractivity contribution in [2.24, 2.45) is 0 Å². The van der Waals surface area contributed by atoms with Crippen molar-refractivity contribution >= 4 is 5.97 Å². The summed E-state index contributed by atoms with van der Waals surface area (Å²) in [6.07, 6.45) is 5.06. The molecule has 1 rings (SSSR count). The van der Waals surface area contributed by atoms with Crippen molar-refractivity contribution in [3.05, 3.63) is 0 Å². The van der Waals surface area contributed by atoms with Gasteiger partial charge in [0.1, 0.15) is 0 Å². The molecule has 1 unspecified atom stereocenters. The maximum Gasteiger partial charge on any atom is 0.338 e. The summed E-state index contributed by atoms with van der Waals surface area (Å²) in [5, 5.41) is 22.5.